The van der Waals surface area contributed by atoms with Crippen LogP contribution in [0.3, 0.4) is 0 Å². The molecule has 3 aromatic heterocycles. The highest BCUT2D eigenvalue weighted by atomic mass is 16.2. The number of rotatable bonds is 5. The summed E-state index contributed by atoms with van der Waals surface area (Å²) >= 11 is 0. The molecular formula is C19H23N7O. The molecule has 0 saturated carbocycles. The first-order chi connectivity index (χ1) is 13.2. The van der Waals surface area contributed by atoms with Gasteiger partial charge in [-0.2, -0.15) is 0 Å². The van der Waals surface area contributed by atoms with Gasteiger partial charge in [-0.25, -0.2) is 9.50 Å². The lowest BCUT2D eigenvalue weighted by molar-refractivity contribution is -0.132. The molecule has 3 aromatic rings. The third-order valence-electron chi connectivity index (χ3n) is 4.80. The van der Waals surface area contributed by atoms with E-state index in [9.17, 15) is 4.79 Å². The monoisotopic (exact) mass is 365 g/mol. The summed E-state index contributed by atoms with van der Waals surface area (Å²) in [5.41, 5.74) is 2.00. The Balaban J connectivity index is 1.29. The molecule has 0 aliphatic carbocycles. The van der Waals surface area contributed by atoms with Gasteiger partial charge in [-0.05, 0) is 36.9 Å². The maximum Gasteiger partial charge on any atom is 0.236 e. The predicted molar refractivity (Wildman–Crippen MR) is 102 cm³/mol. The number of anilines is 1. The Bertz CT molecular complexity index is 903. The van der Waals surface area contributed by atoms with Crippen LogP contribution in [0.15, 0.2) is 49.1 Å². The average molecular weight is 365 g/mol. The van der Waals surface area contributed by atoms with Crippen LogP contribution in [-0.4, -0.2) is 75.1 Å². The highest BCUT2D eigenvalue weighted by Crippen LogP contribution is 2.14. The zero-order valence-corrected chi connectivity index (χ0v) is 15.4. The topological polar surface area (TPSA) is 69.9 Å². The van der Waals surface area contributed by atoms with Crippen molar-refractivity contribution >= 4 is 17.4 Å². The number of nitrogens with zero attached hydrogens (tertiary/aromatic N) is 7. The molecule has 0 radical (unpaired) electrons. The van der Waals surface area contributed by atoms with E-state index in [1.807, 2.05) is 47.3 Å². The van der Waals surface area contributed by atoms with E-state index in [1.54, 1.807) is 23.1 Å². The minimum absolute atomic E-state index is 0.171. The van der Waals surface area contributed by atoms with Crippen LogP contribution in [-0.2, 0) is 11.3 Å². The maximum absolute atomic E-state index is 12.6. The van der Waals surface area contributed by atoms with Crippen LogP contribution in [0, 0.1) is 0 Å². The zero-order valence-electron chi connectivity index (χ0n) is 15.4. The maximum atomic E-state index is 12.6. The summed E-state index contributed by atoms with van der Waals surface area (Å²) in [5, 5.41) is 4.59. The molecule has 0 spiro atoms. The van der Waals surface area contributed by atoms with Crippen molar-refractivity contribution in [2.75, 3.05) is 44.7 Å². The lowest BCUT2D eigenvalue weighted by Gasteiger charge is -2.36. The lowest BCUT2D eigenvalue weighted by Crippen LogP contribution is -2.51. The third kappa shape index (κ3) is 4.06. The summed E-state index contributed by atoms with van der Waals surface area (Å²) < 4.78 is 1.78. The van der Waals surface area contributed by atoms with E-state index in [-0.39, 0.29) is 5.91 Å². The smallest absolute Gasteiger partial charge is 0.236 e. The summed E-state index contributed by atoms with van der Waals surface area (Å²) in [6, 6.07) is 7.91. The number of carbonyl (C=O) groups excluding carboxylic acids is 1. The molecule has 8 heteroatoms. The van der Waals surface area contributed by atoms with E-state index in [1.165, 1.54) is 0 Å². The van der Waals surface area contributed by atoms with Gasteiger partial charge < -0.3 is 9.80 Å². The van der Waals surface area contributed by atoms with E-state index >= 15 is 0 Å². The Morgan fingerprint density at radius 2 is 1.85 bits per heavy atom. The molecule has 0 bridgehead atoms. The number of pyridine rings is 1. The Morgan fingerprint density at radius 1 is 1.07 bits per heavy atom. The average Bonchev–Trinajstić information content (AvgIpc) is 3.16. The molecule has 0 atom stereocenters. The first kappa shape index (κ1) is 17.4. The van der Waals surface area contributed by atoms with Gasteiger partial charge in [0.2, 0.25) is 5.91 Å². The second kappa shape index (κ2) is 7.71. The van der Waals surface area contributed by atoms with Gasteiger partial charge in [0.25, 0.3) is 0 Å². The van der Waals surface area contributed by atoms with Gasteiger partial charge >= 0.3 is 0 Å². The zero-order chi connectivity index (χ0) is 18.6. The first-order valence-electron chi connectivity index (χ1n) is 9.09. The highest BCUT2D eigenvalue weighted by molar-refractivity contribution is 5.78. The van der Waals surface area contributed by atoms with E-state index in [2.05, 4.69) is 20.0 Å². The highest BCUT2D eigenvalue weighted by Gasteiger charge is 2.23. The van der Waals surface area contributed by atoms with Crippen molar-refractivity contribution in [1.29, 1.82) is 0 Å². The van der Waals surface area contributed by atoms with E-state index in [4.69, 9.17) is 0 Å². The SMILES string of the molecule is CN(CC(=O)N1CCN(c2ccc3nccn3n2)CC1)Cc1ccncc1. The van der Waals surface area contributed by atoms with Crippen LogP contribution < -0.4 is 4.90 Å². The van der Waals surface area contributed by atoms with Gasteiger partial charge in [0.1, 0.15) is 5.82 Å². The van der Waals surface area contributed by atoms with Crippen molar-refractivity contribution in [1.82, 2.24) is 29.4 Å². The molecular weight excluding hydrogens is 342 g/mol. The standard InChI is InChI=1S/C19H23N7O/c1-23(14-16-4-6-20-7-5-16)15-19(27)25-12-10-24(11-13-25)18-3-2-17-21-8-9-26(17)22-18/h2-9H,10-15H2,1H3. The summed E-state index contributed by atoms with van der Waals surface area (Å²) in [6.07, 6.45) is 7.14. The number of hydrogen-bond acceptors (Lipinski definition) is 6. The number of hydrogen-bond donors (Lipinski definition) is 0. The lowest BCUT2D eigenvalue weighted by atomic mass is 10.2. The van der Waals surface area contributed by atoms with E-state index < -0.39 is 0 Å². The minimum Gasteiger partial charge on any atom is -0.352 e. The van der Waals surface area contributed by atoms with Crippen LogP contribution in [0.5, 0.6) is 0 Å². The number of aromatic nitrogens is 4. The molecule has 1 saturated heterocycles. The van der Waals surface area contributed by atoms with Gasteiger partial charge in [0.15, 0.2) is 5.65 Å². The fraction of sp³-hybridized carbons (Fsp3) is 0.368. The molecule has 8 nitrogen and oxygen atoms in total. The summed E-state index contributed by atoms with van der Waals surface area (Å²) in [4.78, 5) is 27.0. The summed E-state index contributed by atoms with van der Waals surface area (Å²) in [7, 11) is 1.97. The molecule has 0 unspecified atom stereocenters. The van der Waals surface area contributed by atoms with Crippen LogP contribution in [0.2, 0.25) is 0 Å². The molecule has 1 aliphatic heterocycles. The van der Waals surface area contributed by atoms with Crippen molar-refractivity contribution in [3.05, 3.63) is 54.6 Å². The number of imidazole rings is 1. The molecule has 4 heterocycles. The number of amides is 1. The van der Waals surface area contributed by atoms with Crippen molar-refractivity contribution < 1.29 is 4.79 Å². The molecule has 1 amide bonds. The van der Waals surface area contributed by atoms with Crippen LogP contribution in [0.4, 0.5) is 5.82 Å². The second-order valence-electron chi connectivity index (χ2n) is 6.82. The molecule has 0 aromatic carbocycles. The number of carbonyl (C=O) groups is 1. The molecule has 1 aliphatic rings. The predicted octanol–water partition coefficient (Wildman–Crippen LogP) is 0.905. The Labute approximate surface area is 158 Å². The van der Waals surface area contributed by atoms with Gasteiger partial charge in [-0.3, -0.25) is 14.7 Å². The van der Waals surface area contributed by atoms with Crippen LogP contribution >= 0.6 is 0 Å². The van der Waals surface area contributed by atoms with E-state index in [0.29, 0.717) is 19.6 Å². The van der Waals surface area contributed by atoms with Crippen molar-refractivity contribution in [2.45, 2.75) is 6.54 Å². The molecule has 27 heavy (non-hydrogen) atoms. The van der Waals surface area contributed by atoms with Crippen molar-refractivity contribution in [2.24, 2.45) is 0 Å². The van der Waals surface area contributed by atoms with Crippen LogP contribution in [0.25, 0.3) is 5.65 Å². The second-order valence-corrected chi connectivity index (χ2v) is 6.82. The van der Waals surface area contributed by atoms with Crippen molar-refractivity contribution in [3.8, 4) is 0 Å². The summed E-state index contributed by atoms with van der Waals surface area (Å²) in [5.74, 6) is 1.09. The first-order valence-corrected chi connectivity index (χ1v) is 9.09. The van der Waals surface area contributed by atoms with E-state index in [0.717, 1.165) is 36.7 Å². The number of piperazine rings is 1. The van der Waals surface area contributed by atoms with Gasteiger partial charge in [0.05, 0.1) is 6.54 Å². The quantitative estimate of drug-likeness (QED) is 0.669. The molecule has 0 N–H and O–H groups in total. The fourth-order valence-corrected chi connectivity index (χ4v) is 3.35. The minimum atomic E-state index is 0.171. The normalized spacial score (nSPS) is 14.9. The molecule has 4 rings (SSSR count). The Hall–Kier alpha value is -3.00. The Morgan fingerprint density at radius 3 is 2.63 bits per heavy atom. The Kier molecular flexibility index (Phi) is 4.97. The number of fused-ring (bicyclic) bond motifs is 1. The van der Waals surface area contributed by atoms with Gasteiger partial charge in [0, 0.05) is 57.5 Å². The molecule has 1 fully saturated rings. The van der Waals surface area contributed by atoms with Gasteiger partial charge in [-0.1, -0.05) is 0 Å². The largest absolute Gasteiger partial charge is 0.352 e. The summed E-state index contributed by atoms with van der Waals surface area (Å²) in [6.45, 7) is 4.15. The fourth-order valence-electron chi connectivity index (χ4n) is 3.35. The molecule has 140 valence electrons. The van der Waals surface area contributed by atoms with Crippen LogP contribution in [0.1, 0.15) is 5.56 Å². The van der Waals surface area contributed by atoms with Gasteiger partial charge in [-0.15, -0.1) is 5.10 Å². The van der Waals surface area contributed by atoms with Crippen molar-refractivity contribution in [3.63, 3.8) is 0 Å². The number of likely N-dealkylation sites (N-methyl/N-ethyl adjacent to an activating group) is 1. The third-order valence-corrected chi connectivity index (χ3v) is 4.80.